The number of nitrogens with one attached hydrogen (secondary N) is 2. The summed E-state index contributed by atoms with van der Waals surface area (Å²) in [6.07, 6.45) is 2.80. The maximum atomic E-state index is 11.8. The normalized spacial score (nSPS) is 17.0. The molecule has 2 aromatic carbocycles. The smallest absolute Gasteiger partial charge is 0.273 e. The number of hydrogen-bond acceptors (Lipinski definition) is 8. The van der Waals surface area contributed by atoms with Crippen LogP contribution in [0.15, 0.2) is 77.3 Å². The average molecular weight is 580 g/mol. The molecule has 40 heavy (non-hydrogen) atoms. The number of nitro groups is 1. The lowest BCUT2D eigenvalue weighted by Crippen LogP contribution is -2.29. The van der Waals surface area contributed by atoms with E-state index in [0.717, 1.165) is 17.6 Å². The molecule has 0 unspecified atom stereocenters. The monoisotopic (exact) mass is 579 g/mol. The molecular formula is C27H25N5O6S2. The summed E-state index contributed by atoms with van der Waals surface area (Å²) in [7, 11) is -2.01. The molecule has 206 valence electrons. The van der Waals surface area contributed by atoms with Gasteiger partial charge < -0.3 is 19.4 Å². The molecule has 4 aromatic rings. The molecule has 13 heteroatoms. The van der Waals surface area contributed by atoms with Crippen molar-refractivity contribution >= 4 is 44.4 Å². The number of nitrogens with zero attached hydrogens (tertiary/aromatic N) is 3. The van der Waals surface area contributed by atoms with Crippen LogP contribution in [0.1, 0.15) is 29.1 Å². The van der Waals surface area contributed by atoms with E-state index in [1.54, 1.807) is 37.4 Å². The maximum Gasteiger partial charge on any atom is 0.273 e. The van der Waals surface area contributed by atoms with Gasteiger partial charge in [0.2, 0.25) is 10.0 Å². The van der Waals surface area contributed by atoms with Gasteiger partial charge in [0.25, 0.3) is 5.69 Å². The number of non-ortho nitro benzene ring substituents is 1. The van der Waals surface area contributed by atoms with Crippen LogP contribution in [0.3, 0.4) is 0 Å². The number of anilines is 2. The van der Waals surface area contributed by atoms with Crippen LogP contribution in [-0.4, -0.2) is 36.8 Å². The van der Waals surface area contributed by atoms with Gasteiger partial charge in [0.1, 0.15) is 23.3 Å². The highest BCUT2D eigenvalue weighted by Crippen LogP contribution is 2.44. The van der Waals surface area contributed by atoms with Gasteiger partial charge in [-0.25, -0.2) is 8.42 Å². The van der Waals surface area contributed by atoms with Gasteiger partial charge in [-0.2, -0.15) is 0 Å². The molecule has 11 nitrogen and oxygen atoms in total. The standard InChI is InChI=1S/C27H25N5O6S2/c1-16-14-17(8-10-20(16)30-40(3,35)36)31-26(25(29-27(31)39)21-6-4-5-13-28-21)23-12-11-22(38-23)19-9-7-18(32(33)34)15-24(19)37-2/h4-15,25-26,30H,1-3H3,(H,29,39)/t25-,26-/m1/s1. The number of hydrogen-bond donors (Lipinski definition) is 2. The van der Waals surface area contributed by atoms with Crippen molar-refractivity contribution in [3.8, 4) is 17.1 Å². The van der Waals surface area contributed by atoms with Crippen LogP contribution in [0.4, 0.5) is 17.1 Å². The van der Waals surface area contributed by atoms with Crippen molar-refractivity contribution in [3.05, 3.63) is 100 Å². The number of furan rings is 1. The van der Waals surface area contributed by atoms with Gasteiger partial charge in [-0.15, -0.1) is 0 Å². The second-order valence-corrected chi connectivity index (χ2v) is 11.3. The Bertz CT molecular complexity index is 1710. The van der Waals surface area contributed by atoms with Gasteiger partial charge in [0.05, 0.1) is 47.3 Å². The Morgan fingerprint density at radius 2 is 1.95 bits per heavy atom. The minimum atomic E-state index is -3.45. The molecule has 2 atom stereocenters. The molecule has 0 amide bonds. The predicted octanol–water partition coefficient (Wildman–Crippen LogP) is 5.12. The van der Waals surface area contributed by atoms with Crippen molar-refractivity contribution in [1.29, 1.82) is 0 Å². The van der Waals surface area contributed by atoms with E-state index in [0.29, 0.717) is 39.2 Å². The fourth-order valence-electron chi connectivity index (χ4n) is 4.69. The molecule has 5 rings (SSSR count). The van der Waals surface area contributed by atoms with Gasteiger partial charge in [-0.3, -0.25) is 19.8 Å². The number of aryl methyl sites for hydroxylation is 1. The van der Waals surface area contributed by atoms with Gasteiger partial charge in [0.15, 0.2) is 5.11 Å². The Labute approximate surface area is 236 Å². The predicted molar refractivity (Wildman–Crippen MR) is 155 cm³/mol. The number of rotatable bonds is 8. The molecule has 0 aliphatic carbocycles. The van der Waals surface area contributed by atoms with Crippen LogP contribution >= 0.6 is 12.2 Å². The first-order valence-electron chi connectivity index (χ1n) is 12.1. The number of nitro benzene ring substituents is 1. The number of aromatic nitrogens is 1. The summed E-state index contributed by atoms with van der Waals surface area (Å²) >= 11 is 5.77. The van der Waals surface area contributed by atoms with Gasteiger partial charge in [0, 0.05) is 18.0 Å². The molecule has 1 aliphatic heterocycles. The van der Waals surface area contributed by atoms with Crippen LogP contribution in [0.25, 0.3) is 11.3 Å². The first-order valence-corrected chi connectivity index (χ1v) is 14.4. The largest absolute Gasteiger partial charge is 0.496 e. The lowest BCUT2D eigenvalue weighted by molar-refractivity contribution is -0.384. The number of pyridine rings is 1. The number of ether oxygens (including phenoxy) is 1. The van der Waals surface area contributed by atoms with Crippen molar-refractivity contribution in [2.45, 2.75) is 19.0 Å². The van der Waals surface area contributed by atoms with E-state index in [1.165, 1.54) is 19.2 Å². The van der Waals surface area contributed by atoms with E-state index in [2.05, 4.69) is 15.0 Å². The van der Waals surface area contributed by atoms with Gasteiger partial charge >= 0.3 is 0 Å². The number of benzene rings is 2. The summed E-state index contributed by atoms with van der Waals surface area (Å²) in [6.45, 7) is 1.81. The Balaban J connectivity index is 1.59. The Hall–Kier alpha value is -4.49. The topological polar surface area (TPSA) is 140 Å². The average Bonchev–Trinajstić information content (AvgIpc) is 3.53. The Morgan fingerprint density at radius 1 is 1.15 bits per heavy atom. The van der Waals surface area contributed by atoms with Crippen molar-refractivity contribution in [2.24, 2.45) is 0 Å². The van der Waals surface area contributed by atoms with Crippen LogP contribution in [0.5, 0.6) is 5.75 Å². The first-order chi connectivity index (χ1) is 19.1. The SMILES string of the molecule is COc1cc([N+](=O)[O-])ccc1-c1ccc([C@@H]2[C@@H](c3ccccn3)NC(=S)N2c2ccc(NS(C)(=O)=O)c(C)c2)o1. The maximum absolute atomic E-state index is 11.8. The van der Waals surface area contributed by atoms with Gasteiger partial charge in [-0.1, -0.05) is 6.07 Å². The van der Waals surface area contributed by atoms with Crippen molar-refractivity contribution in [1.82, 2.24) is 10.3 Å². The second-order valence-electron chi connectivity index (χ2n) is 9.21. The second kappa shape index (κ2) is 10.6. The zero-order valence-electron chi connectivity index (χ0n) is 21.7. The van der Waals surface area contributed by atoms with Crippen molar-refractivity contribution in [3.63, 3.8) is 0 Å². The molecule has 0 saturated carbocycles. The molecule has 0 radical (unpaired) electrons. The highest BCUT2D eigenvalue weighted by molar-refractivity contribution is 7.92. The number of methoxy groups -OCH3 is 1. The van der Waals surface area contributed by atoms with Crippen LogP contribution < -0.4 is 19.7 Å². The molecule has 0 bridgehead atoms. The zero-order valence-corrected chi connectivity index (χ0v) is 23.3. The van der Waals surface area contributed by atoms with E-state index in [-0.39, 0.29) is 11.7 Å². The van der Waals surface area contributed by atoms with Crippen LogP contribution in [-0.2, 0) is 10.0 Å². The van der Waals surface area contributed by atoms with E-state index in [4.69, 9.17) is 21.4 Å². The van der Waals surface area contributed by atoms with Crippen molar-refractivity contribution < 1.29 is 22.5 Å². The van der Waals surface area contributed by atoms with Crippen LogP contribution in [0, 0.1) is 17.0 Å². The summed E-state index contributed by atoms with van der Waals surface area (Å²) in [5.74, 6) is 1.33. The number of sulfonamides is 1. The van der Waals surface area contributed by atoms with E-state index in [9.17, 15) is 18.5 Å². The quantitative estimate of drug-likeness (QED) is 0.164. The molecule has 3 heterocycles. The van der Waals surface area contributed by atoms with E-state index in [1.807, 2.05) is 35.2 Å². The fraction of sp³-hybridized carbons (Fsp3) is 0.185. The lowest BCUT2D eigenvalue weighted by atomic mass is 10.0. The Kier molecular flexibility index (Phi) is 7.17. The Morgan fingerprint density at radius 3 is 2.60 bits per heavy atom. The highest BCUT2D eigenvalue weighted by atomic mass is 32.2. The zero-order chi connectivity index (χ0) is 28.6. The molecular weight excluding hydrogens is 554 g/mol. The molecule has 2 aromatic heterocycles. The molecule has 1 saturated heterocycles. The lowest BCUT2D eigenvalue weighted by Gasteiger charge is -2.26. The third-order valence-electron chi connectivity index (χ3n) is 6.46. The first kappa shape index (κ1) is 27.1. The highest BCUT2D eigenvalue weighted by Gasteiger charge is 2.42. The molecule has 1 aliphatic rings. The minimum Gasteiger partial charge on any atom is -0.496 e. The third kappa shape index (κ3) is 5.33. The summed E-state index contributed by atoms with van der Waals surface area (Å²) in [5, 5.41) is 15.0. The minimum absolute atomic E-state index is 0.0942. The molecule has 2 N–H and O–H groups in total. The summed E-state index contributed by atoms with van der Waals surface area (Å²) in [5.41, 5.74) is 3.11. The molecule has 1 fully saturated rings. The van der Waals surface area contributed by atoms with E-state index >= 15 is 0 Å². The fourth-order valence-corrected chi connectivity index (χ4v) is 5.66. The molecule has 0 spiro atoms. The third-order valence-corrected chi connectivity index (χ3v) is 7.37. The van der Waals surface area contributed by atoms with Crippen LogP contribution in [0.2, 0.25) is 0 Å². The summed E-state index contributed by atoms with van der Waals surface area (Å²) in [6, 6.07) is 18.0. The van der Waals surface area contributed by atoms with Gasteiger partial charge in [-0.05, 0) is 73.2 Å². The van der Waals surface area contributed by atoms with E-state index < -0.39 is 21.0 Å². The summed E-state index contributed by atoms with van der Waals surface area (Å²) < 4.78 is 37.9. The van der Waals surface area contributed by atoms with Crippen molar-refractivity contribution in [2.75, 3.05) is 23.0 Å². The summed E-state index contributed by atoms with van der Waals surface area (Å²) in [4.78, 5) is 17.2. The number of thiocarbonyl (C=S) groups is 1.